The Morgan fingerprint density at radius 2 is 2.46 bits per heavy atom. The van der Waals surface area contributed by atoms with E-state index < -0.39 is 0 Å². The molecule has 1 aromatic rings. The SMILES string of the molecule is C=CC(=O)Nc1ccc(CN)cn1. The maximum atomic E-state index is 10.8. The van der Waals surface area contributed by atoms with Crippen LogP contribution in [0.15, 0.2) is 31.0 Å². The molecule has 0 spiro atoms. The highest BCUT2D eigenvalue weighted by molar-refractivity contribution is 5.98. The summed E-state index contributed by atoms with van der Waals surface area (Å²) in [4.78, 5) is 14.8. The van der Waals surface area contributed by atoms with Crippen LogP contribution in [0.2, 0.25) is 0 Å². The fourth-order valence-corrected chi connectivity index (χ4v) is 0.796. The minimum atomic E-state index is -0.270. The summed E-state index contributed by atoms with van der Waals surface area (Å²) in [6, 6.07) is 3.51. The first-order chi connectivity index (χ1) is 6.26. The van der Waals surface area contributed by atoms with Crippen molar-refractivity contribution in [3.05, 3.63) is 36.5 Å². The summed E-state index contributed by atoms with van der Waals surface area (Å²) in [6.07, 6.45) is 2.82. The van der Waals surface area contributed by atoms with Crippen molar-refractivity contribution >= 4 is 11.7 Å². The molecule has 1 heterocycles. The number of rotatable bonds is 3. The molecule has 0 radical (unpaired) electrons. The molecule has 0 aliphatic rings. The van der Waals surface area contributed by atoms with Gasteiger partial charge in [0.15, 0.2) is 0 Å². The van der Waals surface area contributed by atoms with Crippen molar-refractivity contribution in [3.8, 4) is 0 Å². The molecule has 4 heteroatoms. The molecule has 0 bridgehead atoms. The Kier molecular flexibility index (Phi) is 3.16. The van der Waals surface area contributed by atoms with Gasteiger partial charge in [-0.3, -0.25) is 4.79 Å². The number of nitrogens with two attached hydrogens (primary N) is 1. The summed E-state index contributed by atoms with van der Waals surface area (Å²) in [5, 5.41) is 2.53. The zero-order chi connectivity index (χ0) is 9.68. The van der Waals surface area contributed by atoms with Crippen LogP contribution in [0.3, 0.4) is 0 Å². The maximum Gasteiger partial charge on any atom is 0.248 e. The van der Waals surface area contributed by atoms with Gasteiger partial charge < -0.3 is 11.1 Å². The van der Waals surface area contributed by atoms with Crippen molar-refractivity contribution in [2.75, 3.05) is 5.32 Å². The first-order valence-corrected chi connectivity index (χ1v) is 3.84. The Bertz CT molecular complexity index is 305. The van der Waals surface area contributed by atoms with E-state index in [1.165, 1.54) is 6.08 Å². The van der Waals surface area contributed by atoms with E-state index in [9.17, 15) is 4.79 Å². The molecule has 0 atom stereocenters. The van der Waals surface area contributed by atoms with E-state index in [1.807, 2.05) is 6.07 Å². The molecule has 0 saturated carbocycles. The number of amides is 1. The number of hydrogen-bond donors (Lipinski definition) is 2. The van der Waals surface area contributed by atoms with Gasteiger partial charge in [0.05, 0.1) is 0 Å². The van der Waals surface area contributed by atoms with Gasteiger partial charge >= 0.3 is 0 Å². The van der Waals surface area contributed by atoms with E-state index in [4.69, 9.17) is 5.73 Å². The van der Waals surface area contributed by atoms with Crippen molar-refractivity contribution in [2.24, 2.45) is 5.73 Å². The van der Waals surface area contributed by atoms with Gasteiger partial charge in [0.2, 0.25) is 5.91 Å². The first kappa shape index (κ1) is 9.41. The Morgan fingerprint density at radius 1 is 1.69 bits per heavy atom. The highest BCUT2D eigenvalue weighted by Crippen LogP contribution is 2.03. The van der Waals surface area contributed by atoms with E-state index in [-0.39, 0.29) is 5.91 Å². The predicted octanol–water partition coefficient (Wildman–Crippen LogP) is 0.665. The zero-order valence-corrected chi connectivity index (χ0v) is 7.16. The van der Waals surface area contributed by atoms with Crippen molar-refractivity contribution in [3.63, 3.8) is 0 Å². The highest BCUT2D eigenvalue weighted by Gasteiger charge is 1.97. The molecular weight excluding hydrogens is 166 g/mol. The largest absolute Gasteiger partial charge is 0.326 e. The second-order valence-corrected chi connectivity index (χ2v) is 2.45. The Morgan fingerprint density at radius 3 is 2.92 bits per heavy atom. The Labute approximate surface area is 76.5 Å². The van der Waals surface area contributed by atoms with E-state index in [1.54, 1.807) is 12.3 Å². The van der Waals surface area contributed by atoms with Crippen molar-refractivity contribution in [2.45, 2.75) is 6.54 Å². The van der Waals surface area contributed by atoms with E-state index in [0.717, 1.165) is 5.56 Å². The Hall–Kier alpha value is -1.68. The highest BCUT2D eigenvalue weighted by atomic mass is 16.1. The lowest BCUT2D eigenvalue weighted by atomic mass is 10.3. The zero-order valence-electron chi connectivity index (χ0n) is 7.16. The van der Waals surface area contributed by atoms with Crippen molar-refractivity contribution < 1.29 is 4.79 Å². The molecule has 0 saturated heterocycles. The normalized spacial score (nSPS) is 9.31. The van der Waals surface area contributed by atoms with Gasteiger partial charge in [-0.05, 0) is 17.7 Å². The Balaban J connectivity index is 2.69. The van der Waals surface area contributed by atoms with E-state index >= 15 is 0 Å². The van der Waals surface area contributed by atoms with E-state index in [2.05, 4.69) is 16.9 Å². The summed E-state index contributed by atoms with van der Waals surface area (Å²) in [5.41, 5.74) is 6.31. The van der Waals surface area contributed by atoms with Crippen LogP contribution in [0.4, 0.5) is 5.82 Å². The summed E-state index contributed by atoms with van der Waals surface area (Å²) in [5.74, 6) is 0.232. The van der Waals surface area contributed by atoms with Gasteiger partial charge in [0.25, 0.3) is 0 Å². The van der Waals surface area contributed by atoms with Crippen LogP contribution in [0.25, 0.3) is 0 Å². The first-order valence-electron chi connectivity index (χ1n) is 3.84. The molecule has 0 aliphatic carbocycles. The van der Waals surface area contributed by atoms with Crippen LogP contribution in [-0.2, 0) is 11.3 Å². The van der Waals surface area contributed by atoms with Gasteiger partial charge in [-0.25, -0.2) is 4.98 Å². The minimum absolute atomic E-state index is 0.270. The van der Waals surface area contributed by atoms with Gasteiger partial charge in [-0.15, -0.1) is 0 Å². The molecule has 4 nitrogen and oxygen atoms in total. The van der Waals surface area contributed by atoms with Crippen LogP contribution in [0.5, 0.6) is 0 Å². The second-order valence-electron chi connectivity index (χ2n) is 2.45. The predicted molar refractivity (Wildman–Crippen MR) is 51.0 cm³/mol. The quantitative estimate of drug-likeness (QED) is 0.666. The third-order valence-electron chi connectivity index (χ3n) is 1.50. The van der Waals surface area contributed by atoms with Gasteiger partial charge in [0.1, 0.15) is 5.82 Å². The molecular formula is C9H11N3O. The van der Waals surface area contributed by atoms with Crippen LogP contribution in [-0.4, -0.2) is 10.9 Å². The molecule has 0 aromatic carbocycles. The molecule has 13 heavy (non-hydrogen) atoms. The summed E-state index contributed by atoms with van der Waals surface area (Å²) < 4.78 is 0. The molecule has 1 amide bonds. The smallest absolute Gasteiger partial charge is 0.248 e. The number of carbonyl (C=O) groups excluding carboxylic acids is 1. The fraction of sp³-hybridized carbons (Fsp3) is 0.111. The lowest BCUT2D eigenvalue weighted by molar-refractivity contribution is -0.111. The van der Waals surface area contributed by atoms with E-state index in [0.29, 0.717) is 12.4 Å². The molecule has 1 aromatic heterocycles. The monoisotopic (exact) mass is 177 g/mol. The number of anilines is 1. The van der Waals surface area contributed by atoms with Gasteiger partial charge in [-0.1, -0.05) is 12.6 Å². The third kappa shape index (κ3) is 2.68. The number of nitrogens with zero attached hydrogens (tertiary/aromatic N) is 1. The van der Waals surface area contributed by atoms with Gasteiger partial charge in [0, 0.05) is 12.7 Å². The second kappa shape index (κ2) is 4.37. The van der Waals surface area contributed by atoms with Gasteiger partial charge in [-0.2, -0.15) is 0 Å². The summed E-state index contributed by atoms with van der Waals surface area (Å²) >= 11 is 0. The molecule has 0 fully saturated rings. The van der Waals surface area contributed by atoms with Crippen molar-refractivity contribution in [1.29, 1.82) is 0 Å². The average molecular weight is 177 g/mol. The number of hydrogen-bond acceptors (Lipinski definition) is 3. The number of pyridine rings is 1. The van der Waals surface area contributed by atoms with Crippen LogP contribution in [0.1, 0.15) is 5.56 Å². The molecule has 0 aliphatic heterocycles. The van der Waals surface area contributed by atoms with Crippen molar-refractivity contribution in [1.82, 2.24) is 4.98 Å². The lowest BCUT2D eigenvalue weighted by Crippen LogP contribution is -2.09. The number of aromatic nitrogens is 1. The molecule has 3 N–H and O–H groups in total. The average Bonchev–Trinajstić information content (AvgIpc) is 2.19. The summed E-state index contributed by atoms with van der Waals surface area (Å²) in [7, 11) is 0. The third-order valence-corrected chi connectivity index (χ3v) is 1.50. The number of carbonyl (C=O) groups is 1. The van der Waals surface area contributed by atoms with Crippen LogP contribution < -0.4 is 11.1 Å². The van der Waals surface area contributed by atoms with Crippen LogP contribution in [0, 0.1) is 0 Å². The number of nitrogens with one attached hydrogen (secondary N) is 1. The minimum Gasteiger partial charge on any atom is -0.326 e. The van der Waals surface area contributed by atoms with Crippen LogP contribution >= 0.6 is 0 Å². The lowest BCUT2D eigenvalue weighted by Gasteiger charge is -2.01. The standard InChI is InChI=1S/C9H11N3O/c1-2-9(13)12-8-4-3-7(5-10)6-11-8/h2-4,6H,1,5,10H2,(H,11,12,13). The molecule has 0 unspecified atom stereocenters. The topological polar surface area (TPSA) is 68.0 Å². The molecule has 1 rings (SSSR count). The maximum absolute atomic E-state index is 10.8. The fourth-order valence-electron chi connectivity index (χ4n) is 0.796. The summed E-state index contributed by atoms with van der Waals surface area (Å²) in [6.45, 7) is 3.78. The molecule has 68 valence electrons.